The van der Waals surface area contributed by atoms with E-state index >= 15 is 0 Å². The maximum Gasteiger partial charge on any atom is 0.0567 e. The summed E-state index contributed by atoms with van der Waals surface area (Å²) in [5.74, 6) is 0.336. The van der Waals surface area contributed by atoms with Gasteiger partial charge in [-0.05, 0) is 48.1 Å². The molecule has 11 heavy (non-hydrogen) atoms. The molecule has 1 aromatic heterocycles. The van der Waals surface area contributed by atoms with Gasteiger partial charge in [-0.15, -0.1) is 0 Å². The van der Waals surface area contributed by atoms with E-state index in [4.69, 9.17) is 0 Å². The quantitative estimate of drug-likeness (QED) is 0.745. The van der Waals surface area contributed by atoms with Crippen LogP contribution in [0.4, 0.5) is 0 Å². The first-order valence-electron chi connectivity index (χ1n) is 3.69. The second-order valence-electron chi connectivity index (χ2n) is 2.48. The molecule has 0 fully saturated rings. The van der Waals surface area contributed by atoms with Crippen LogP contribution in [0.3, 0.4) is 0 Å². The molecular weight excluding hydrogens is 249 g/mol. The average Bonchev–Trinajstić information content (AvgIpc) is 2.04. The highest BCUT2D eigenvalue weighted by Gasteiger charge is 2.06. The lowest BCUT2D eigenvalue weighted by Gasteiger charge is -2.08. The first kappa shape index (κ1) is 8.97. The van der Waals surface area contributed by atoms with Gasteiger partial charge in [0.1, 0.15) is 0 Å². The van der Waals surface area contributed by atoms with E-state index in [9.17, 15) is 0 Å². The van der Waals surface area contributed by atoms with Crippen LogP contribution in [-0.4, -0.2) is 4.98 Å². The Morgan fingerprint density at radius 3 is 3.00 bits per heavy atom. The minimum atomic E-state index is 0.336. The third-order valence-electron chi connectivity index (χ3n) is 1.67. The number of nitrogens with zero attached hydrogens (tertiary/aromatic N) is 1. The molecular formula is C9H11IN. The molecule has 0 aliphatic rings. The van der Waals surface area contributed by atoms with Crippen LogP contribution in [0.2, 0.25) is 0 Å². The van der Waals surface area contributed by atoms with Crippen LogP contribution >= 0.6 is 22.6 Å². The van der Waals surface area contributed by atoms with Crippen molar-refractivity contribution in [2.24, 2.45) is 0 Å². The fraction of sp³-hybridized carbons (Fsp3) is 0.333. The number of rotatable bonds is 2. The molecule has 0 bridgehead atoms. The molecule has 2 heteroatoms. The minimum Gasteiger partial charge on any atom is -0.260 e. The van der Waals surface area contributed by atoms with Crippen molar-refractivity contribution >= 4 is 22.6 Å². The minimum absolute atomic E-state index is 0.336. The molecule has 0 aromatic carbocycles. The average molecular weight is 260 g/mol. The summed E-state index contributed by atoms with van der Waals surface area (Å²) in [6.07, 6.45) is 2.87. The number of halogens is 1. The highest BCUT2D eigenvalue weighted by molar-refractivity contribution is 14.1. The third kappa shape index (κ3) is 2.15. The van der Waals surface area contributed by atoms with Crippen molar-refractivity contribution in [1.82, 2.24) is 4.98 Å². The Balaban J connectivity index is 2.93. The predicted octanol–water partition coefficient (Wildman–Crippen LogP) is 3.01. The lowest BCUT2D eigenvalue weighted by Crippen LogP contribution is -1.97. The monoisotopic (exact) mass is 260 g/mol. The Morgan fingerprint density at radius 1 is 1.73 bits per heavy atom. The lowest BCUT2D eigenvalue weighted by atomic mass is 10.1. The maximum absolute atomic E-state index is 4.28. The zero-order chi connectivity index (χ0) is 8.27. The van der Waals surface area contributed by atoms with Gasteiger partial charge in [-0.1, -0.05) is 6.92 Å². The smallest absolute Gasteiger partial charge is 0.0567 e. The Hall–Kier alpha value is -0.120. The van der Waals surface area contributed by atoms with Crippen molar-refractivity contribution in [1.29, 1.82) is 0 Å². The van der Waals surface area contributed by atoms with Gasteiger partial charge in [0.2, 0.25) is 0 Å². The molecule has 0 saturated heterocycles. The zero-order valence-corrected chi connectivity index (χ0v) is 8.71. The number of hydrogen-bond acceptors (Lipinski definition) is 1. The molecule has 0 aliphatic carbocycles. The molecule has 1 heterocycles. The molecule has 0 saturated carbocycles. The standard InChI is InChI=1S/C9H11IN/c1-3-7(2)9-8(10)5-4-6-11-9/h4-7H,2-3H2,1H3. The van der Waals surface area contributed by atoms with Gasteiger partial charge in [-0.2, -0.15) is 0 Å². The van der Waals surface area contributed by atoms with E-state index in [2.05, 4.69) is 47.5 Å². The number of pyridine rings is 1. The first-order chi connectivity index (χ1) is 5.25. The normalized spacial score (nSPS) is 13.0. The van der Waals surface area contributed by atoms with Crippen molar-refractivity contribution in [3.63, 3.8) is 0 Å². The molecule has 1 atom stereocenters. The summed E-state index contributed by atoms with van der Waals surface area (Å²) < 4.78 is 1.21. The van der Waals surface area contributed by atoms with Crippen LogP contribution < -0.4 is 0 Å². The van der Waals surface area contributed by atoms with Gasteiger partial charge < -0.3 is 0 Å². The molecule has 0 N–H and O–H groups in total. The fourth-order valence-corrected chi connectivity index (χ4v) is 1.68. The van der Waals surface area contributed by atoms with Gasteiger partial charge in [0, 0.05) is 15.7 Å². The number of hydrogen-bond donors (Lipinski definition) is 0. The summed E-state index contributed by atoms with van der Waals surface area (Å²) >= 11 is 2.30. The van der Waals surface area contributed by atoms with Gasteiger partial charge in [0.05, 0.1) is 5.69 Å². The molecule has 0 spiro atoms. The summed E-state index contributed by atoms with van der Waals surface area (Å²) in [7, 11) is 0. The van der Waals surface area contributed by atoms with Crippen LogP contribution in [0.1, 0.15) is 25.0 Å². The van der Waals surface area contributed by atoms with Gasteiger partial charge in [0.15, 0.2) is 0 Å². The predicted molar refractivity (Wildman–Crippen MR) is 55.3 cm³/mol. The Kier molecular flexibility index (Phi) is 3.30. The van der Waals surface area contributed by atoms with Crippen LogP contribution in [0.5, 0.6) is 0 Å². The van der Waals surface area contributed by atoms with Gasteiger partial charge >= 0.3 is 0 Å². The number of aromatic nitrogens is 1. The van der Waals surface area contributed by atoms with E-state index in [1.54, 1.807) is 0 Å². The summed E-state index contributed by atoms with van der Waals surface area (Å²) in [6, 6.07) is 4.02. The lowest BCUT2D eigenvalue weighted by molar-refractivity contribution is 0.766. The van der Waals surface area contributed by atoms with E-state index in [1.165, 1.54) is 3.57 Å². The highest BCUT2D eigenvalue weighted by atomic mass is 127. The molecule has 1 unspecified atom stereocenters. The largest absolute Gasteiger partial charge is 0.260 e. The van der Waals surface area contributed by atoms with Gasteiger partial charge in [0.25, 0.3) is 0 Å². The molecule has 0 amide bonds. The van der Waals surface area contributed by atoms with Crippen molar-refractivity contribution in [3.8, 4) is 0 Å². The van der Waals surface area contributed by atoms with Gasteiger partial charge in [-0.25, -0.2) is 0 Å². The van der Waals surface area contributed by atoms with Crippen LogP contribution in [0.25, 0.3) is 0 Å². The Morgan fingerprint density at radius 2 is 2.45 bits per heavy atom. The summed E-state index contributed by atoms with van der Waals surface area (Å²) in [6.45, 7) is 6.15. The van der Waals surface area contributed by atoms with Gasteiger partial charge in [-0.3, -0.25) is 4.98 Å². The van der Waals surface area contributed by atoms with Crippen molar-refractivity contribution < 1.29 is 0 Å². The van der Waals surface area contributed by atoms with Crippen LogP contribution in [0, 0.1) is 10.5 Å². The molecule has 1 aromatic rings. The van der Waals surface area contributed by atoms with Crippen LogP contribution in [0.15, 0.2) is 18.3 Å². The van der Waals surface area contributed by atoms with E-state index in [0.29, 0.717) is 5.92 Å². The first-order valence-corrected chi connectivity index (χ1v) is 4.77. The topological polar surface area (TPSA) is 12.9 Å². The molecule has 1 rings (SSSR count). The Bertz CT molecular complexity index is 235. The summed E-state index contributed by atoms with van der Waals surface area (Å²) in [5.41, 5.74) is 1.12. The molecule has 1 radical (unpaired) electrons. The molecule has 1 nitrogen and oxygen atoms in total. The molecule has 0 aliphatic heterocycles. The van der Waals surface area contributed by atoms with E-state index in [-0.39, 0.29) is 0 Å². The van der Waals surface area contributed by atoms with Crippen molar-refractivity contribution in [3.05, 3.63) is 34.5 Å². The third-order valence-corrected chi connectivity index (χ3v) is 2.58. The second-order valence-corrected chi connectivity index (χ2v) is 3.64. The zero-order valence-electron chi connectivity index (χ0n) is 6.55. The fourth-order valence-electron chi connectivity index (χ4n) is 0.892. The van der Waals surface area contributed by atoms with E-state index in [1.807, 2.05) is 12.3 Å². The van der Waals surface area contributed by atoms with Crippen LogP contribution in [-0.2, 0) is 0 Å². The second kappa shape index (κ2) is 4.04. The highest BCUT2D eigenvalue weighted by Crippen LogP contribution is 2.20. The van der Waals surface area contributed by atoms with E-state index < -0.39 is 0 Å². The van der Waals surface area contributed by atoms with Crippen molar-refractivity contribution in [2.75, 3.05) is 0 Å². The maximum atomic E-state index is 4.28. The van der Waals surface area contributed by atoms with Crippen molar-refractivity contribution in [2.45, 2.75) is 19.3 Å². The van der Waals surface area contributed by atoms with E-state index in [0.717, 1.165) is 12.1 Å². The summed E-state index contributed by atoms with van der Waals surface area (Å²) in [5, 5.41) is 0. The SMILES string of the molecule is [CH2]C(CC)c1ncccc1I. The summed E-state index contributed by atoms with van der Waals surface area (Å²) in [4.78, 5) is 4.28. The molecule has 59 valence electrons. The Labute approximate surface area is 81.4 Å².